The predicted molar refractivity (Wildman–Crippen MR) is 217 cm³/mol. The lowest BCUT2D eigenvalue weighted by Crippen LogP contribution is -1.94. The van der Waals surface area contributed by atoms with E-state index in [1.807, 2.05) is 32.1 Å². The van der Waals surface area contributed by atoms with E-state index in [4.69, 9.17) is 5.73 Å². The van der Waals surface area contributed by atoms with Crippen LogP contribution in [-0.2, 0) is 0 Å². The Hall–Kier alpha value is -6.38. The van der Waals surface area contributed by atoms with Crippen molar-refractivity contribution in [1.82, 2.24) is 4.57 Å². The van der Waals surface area contributed by atoms with E-state index in [2.05, 4.69) is 168 Å². The molecule has 2 N–H and O–H groups in total. The molecule has 0 saturated heterocycles. The number of benzene rings is 8. The summed E-state index contributed by atoms with van der Waals surface area (Å²) in [7, 11) is 0. The molecule has 0 saturated carbocycles. The predicted octanol–water partition coefficient (Wildman–Crippen LogP) is 13.0. The van der Waals surface area contributed by atoms with Gasteiger partial charge in [0.2, 0.25) is 0 Å². The number of rotatable bonds is 4. The van der Waals surface area contributed by atoms with Crippen molar-refractivity contribution in [3.63, 3.8) is 0 Å². The van der Waals surface area contributed by atoms with Crippen molar-refractivity contribution in [1.29, 1.82) is 0 Å². The summed E-state index contributed by atoms with van der Waals surface area (Å²) < 4.78 is 2.46. The Labute approximate surface area is 293 Å². The largest absolute Gasteiger partial charge is 0.402 e. The number of allylic oxidation sites excluding steroid dienone is 4. The molecule has 0 radical (unpaired) electrons. The van der Waals surface area contributed by atoms with E-state index >= 15 is 0 Å². The molecule has 0 aliphatic carbocycles. The van der Waals surface area contributed by atoms with Crippen molar-refractivity contribution in [3.05, 3.63) is 188 Å². The lowest BCUT2D eigenvalue weighted by molar-refractivity contribution is 1.19. The zero-order chi connectivity index (χ0) is 34.0. The third-order valence-electron chi connectivity index (χ3n) is 9.51. The Kier molecular flexibility index (Phi) is 8.20. The minimum Gasteiger partial charge on any atom is -0.402 e. The van der Waals surface area contributed by atoms with Crippen molar-refractivity contribution in [2.24, 2.45) is 5.73 Å². The summed E-state index contributed by atoms with van der Waals surface area (Å²) in [5.74, 6) is 0. The number of nitrogens with two attached hydrogens (primary N) is 1. The summed E-state index contributed by atoms with van der Waals surface area (Å²) in [6.07, 6.45) is 5.71. The van der Waals surface area contributed by atoms with Gasteiger partial charge in [-0.1, -0.05) is 152 Å². The number of hydrogen-bond donors (Lipinski definition) is 1. The Balaban J connectivity index is 0.000000470. The first-order valence-corrected chi connectivity index (χ1v) is 17.2. The number of nitrogens with zero attached hydrogens (tertiary/aromatic N) is 1. The topological polar surface area (TPSA) is 30.9 Å². The number of para-hydroxylation sites is 1. The van der Waals surface area contributed by atoms with Crippen LogP contribution in [0.1, 0.15) is 13.8 Å². The highest BCUT2D eigenvalue weighted by Crippen LogP contribution is 2.40. The fourth-order valence-corrected chi connectivity index (χ4v) is 7.22. The highest BCUT2D eigenvalue weighted by molar-refractivity contribution is 6.19. The molecule has 0 unspecified atom stereocenters. The number of aromatic nitrogens is 1. The third-order valence-corrected chi connectivity index (χ3v) is 9.51. The average Bonchev–Trinajstić information content (AvgIpc) is 3.51. The van der Waals surface area contributed by atoms with Gasteiger partial charge in [-0.2, -0.15) is 0 Å². The van der Waals surface area contributed by atoms with Crippen molar-refractivity contribution in [3.8, 4) is 27.9 Å². The molecule has 9 rings (SSSR count). The zero-order valence-corrected chi connectivity index (χ0v) is 28.3. The standard InChI is InChI=1S/C42H27N.C6H11N/c1-2-14-33(15-3-1)43-41-27-32(37-19-9-13-29-11-5-7-17-35(29)37)21-24-39(41)40-25-22-31-26-30(20-23-38(31)42(40)43)36-18-8-12-28-10-4-6-16-34(28)36;1-3-4-5-6(2)7/h1-27H;3-5H,7H2,1-2H3/b;4-3-,6-5-. The summed E-state index contributed by atoms with van der Waals surface area (Å²) >= 11 is 0. The first kappa shape index (κ1) is 30.9. The maximum atomic E-state index is 5.29. The van der Waals surface area contributed by atoms with E-state index in [0.717, 1.165) is 5.70 Å². The van der Waals surface area contributed by atoms with Crippen LogP contribution in [-0.4, -0.2) is 4.57 Å². The van der Waals surface area contributed by atoms with Crippen LogP contribution in [0.2, 0.25) is 0 Å². The quantitative estimate of drug-likeness (QED) is 0.190. The van der Waals surface area contributed by atoms with Gasteiger partial charge in [-0.25, -0.2) is 0 Å². The second-order valence-electron chi connectivity index (χ2n) is 12.8. The minimum atomic E-state index is 0.845. The van der Waals surface area contributed by atoms with E-state index in [1.54, 1.807) is 0 Å². The van der Waals surface area contributed by atoms with E-state index < -0.39 is 0 Å². The van der Waals surface area contributed by atoms with Crippen molar-refractivity contribution in [2.45, 2.75) is 13.8 Å². The molecule has 0 fully saturated rings. The van der Waals surface area contributed by atoms with Crippen molar-refractivity contribution >= 4 is 54.1 Å². The summed E-state index contributed by atoms with van der Waals surface area (Å²) in [6.45, 7) is 3.82. The smallest absolute Gasteiger partial charge is 0.0619 e. The summed E-state index contributed by atoms with van der Waals surface area (Å²) in [4.78, 5) is 0. The van der Waals surface area contributed by atoms with Gasteiger partial charge in [0, 0.05) is 27.5 Å². The fraction of sp³-hybridized carbons (Fsp3) is 0.0417. The highest BCUT2D eigenvalue weighted by atomic mass is 15.0. The number of hydrogen-bond acceptors (Lipinski definition) is 1. The molecule has 8 aromatic carbocycles. The summed E-state index contributed by atoms with van der Waals surface area (Å²) in [5.41, 5.74) is 14.8. The Morgan fingerprint density at radius 3 is 1.68 bits per heavy atom. The Morgan fingerprint density at radius 1 is 0.500 bits per heavy atom. The van der Waals surface area contributed by atoms with E-state index in [1.165, 1.54) is 82.1 Å². The molecule has 0 bridgehead atoms. The summed E-state index contributed by atoms with van der Waals surface area (Å²) in [5, 5.41) is 10.1. The molecule has 0 spiro atoms. The van der Waals surface area contributed by atoms with Crippen LogP contribution in [0.15, 0.2) is 188 Å². The van der Waals surface area contributed by atoms with Crippen LogP contribution in [0.4, 0.5) is 0 Å². The van der Waals surface area contributed by atoms with Crippen molar-refractivity contribution < 1.29 is 0 Å². The molecule has 9 aromatic rings. The molecule has 0 amide bonds. The molecule has 2 nitrogen and oxygen atoms in total. The van der Waals surface area contributed by atoms with Gasteiger partial charge in [0.25, 0.3) is 0 Å². The Morgan fingerprint density at radius 2 is 1.06 bits per heavy atom. The highest BCUT2D eigenvalue weighted by Gasteiger charge is 2.17. The SMILES string of the molecule is C/C=C\C=C(\C)N.c1ccc(-n2c3cc(-c4cccc5ccccc45)ccc3c3ccc4cc(-c5cccc6ccccc56)ccc4c32)cc1. The first-order valence-electron chi connectivity index (χ1n) is 17.2. The molecule has 0 aliphatic heterocycles. The van der Waals surface area contributed by atoms with E-state index in [-0.39, 0.29) is 0 Å². The van der Waals surface area contributed by atoms with Gasteiger partial charge in [0.1, 0.15) is 0 Å². The van der Waals surface area contributed by atoms with Crippen LogP contribution in [0.25, 0.3) is 82.1 Å². The second kappa shape index (κ2) is 13.3. The summed E-state index contributed by atoms with van der Waals surface area (Å²) in [6, 6.07) is 59.8. The molecule has 240 valence electrons. The molecular weight excluding hydrogens is 605 g/mol. The molecule has 1 heterocycles. The monoisotopic (exact) mass is 642 g/mol. The van der Waals surface area contributed by atoms with Gasteiger partial charge in [-0.3, -0.25) is 0 Å². The number of fused-ring (bicyclic) bond motifs is 7. The fourth-order valence-electron chi connectivity index (χ4n) is 7.22. The van der Waals surface area contributed by atoms with Gasteiger partial charge in [-0.05, 0) is 93.4 Å². The van der Waals surface area contributed by atoms with E-state index in [9.17, 15) is 0 Å². The molecular formula is C48H38N2. The molecule has 50 heavy (non-hydrogen) atoms. The maximum absolute atomic E-state index is 5.29. The average molecular weight is 643 g/mol. The van der Waals surface area contributed by atoms with Gasteiger partial charge >= 0.3 is 0 Å². The van der Waals surface area contributed by atoms with E-state index in [0.29, 0.717) is 0 Å². The van der Waals surface area contributed by atoms with Gasteiger partial charge in [0.05, 0.1) is 11.0 Å². The van der Waals surface area contributed by atoms with Gasteiger partial charge in [-0.15, -0.1) is 0 Å². The van der Waals surface area contributed by atoms with Crippen LogP contribution >= 0.6 is 0 Å². The van der Waals surface area contributed by atoms with Crippen LogP contribution < -0.4 is 5.73 Å². The molecule has 0 aliphatic rings. The van der Waals surface area contributed by atoms with Crippen molar-refractivity contribution in [2.75, 3.05) is 0 Å². The maximum Gasteiger partial charge on any atom is 0.0619 e. The first-order chi connectivity index (χ1) is 24.6. The van der Waals surface area contributed by atoms with Crippen LogP contribution in [0.3, 0.4) is 0 Å². The van der Waals surface area contributed by atoms with Gasteiger partial charge in [0.15, 0.2) is 0 Å². The molecule has 2 heteroatoms. The molecule has 0 atom stereocenters. The zero-order valence-electron chi connectivity index (χ0n) is 28.3. The lowest BCUT2D eigenvalue weighted by Gasteiger charge is -2.12. The second-order valence-corrected chi connectivity index (χ2v) is 12.8. The lowest BCUT2D eigenvalue weighted by atomic mass is 9.95. The van der Waals surface area contributed by atoms with Crippen LogP contribution in [0.5, 0.6) is 0 Å². The Bertz CT molecular complexity index is 2710. The van der Waals surface area contributed by atoms with Gasteiger partial charge < -0.3 is 10.3 Å². The normalized spacial score (nSPS) is 11.9. The molecule has 1 aromatic heterocycles. The minimum absolute atomic E-state index is 0.845. The van der Waals surface area contributed by atoms with Crippen LogP contribution in [0, 0.1) is 0 Å². The third kappa shape index (κ3) is 5.61.